The fraction of sp³-hybridized carbons (Fsp3) is 0.233. The van der Waals surface area contributed by atoms with Crippen LogP contribution in [0.25, 0.3) is 22.3 Å². The van der Waals surface area contributed by atoms with Crippen molar-refractivity contribution in [2.75, 3.05) is 6.61 Å². The number of allylic oxidation sites excluding steroid dienone is 1. The fourth-order valence-electron chi connectivity index (χ4n) is 4.07. The van der Waals surface area contributed by atoms with Gasteiger partial charge in [-0.3, -0.25) is 4.79 Å². The zero-order valence-corrected chi connectivity index (χ0v) is 21.8. The van der Waals surface area contributed by atoms with Gasteiger partial charge in [0, 0.05) is 11.1 Å². The minimum atomic E-state index is -4.56. The first-order valence-electron chi connectivity index (χ1n) is 12.4. The molecule has 0 unspecified atom stereocenters. The van der Waals surface area contributed by atoms with Gasteiger partial charge >= 0.3 is 6.18 Å². The summed E-state index contributed by atoms with van der Waals surface area (Å²) < 4.78 is 53.2. The summed E-state index contributed by atoms with van der Waals surface area (Å²) in [5, 5.41) is 4.69. The number of ether oxygens (including phenoxy) is 2. The maximum absolute atomic E-state index is 13.5. The van der Waals surface area contributed by atoms with E-state index < -0.39 is 17.3 Å². The molecule has 39 heavy (non-hydrogen) atoms. The summed E-state index contributed by atoms with van der Waals surface area (Å²) in [5.74, 6) is 1.09. The molecule has 0 bridgehead atoms. The molecule has 0 aliphatic heterocycles. The average molecular weight is 536 g/mol. The van der Waals surface area contributed by atoms with Crippen LogP contribution in [0.15, 0.2) is 83.2 Å². The lowest BCUT2D eigenvalue weighted by atomic mass is 10.1. The Hall–Kier alpha value is -4.40. The zero-order valence-electron chi connectivity index (χ0n) is 21.8. The van der Waals surface area contributed by atoms with Crippen molar-refractivity contribution in [2.45, 2.75) is 39.5 Å². The van der Waals surface area contributed by atoms with Crippen LogP contribution in [-0.4, -0.2) is 28.6 Å². The first-order valence-corrected chi connectivity index (χ1v) is 12.4. The van der Waals surface area contributed by atoms with Gasteiger partial charge in [0.05, 0.1) is 35.4 Å². The van der Waals surface area contributed by atoms with Crippen LogP contribution >= 0.6 is 0 Å². The van der Waals surface area contributed by atoms with Crippen molar-refractivity contribution < 1.29 is 22.6 Å². The molecular weight excluding hydrogens is 507 g/mol. The van der Waals surface area contributed by atoms with Crippen molar-refractivity contribution >= 4 is 17.1 Å². The number of hydrogen-bond acceptors (Lipinski definition) is 5. The second kappa shape index (κ2) is 11.6. The van der Waals surface area contributed by atoms with Crippen LogP contribution in [0, 0.1) is 0 Å². The maximum atomic E-state index is 13.5. The molecule has 0 fully saturated rings. The molecule has 3 aromatic carbocycles. The Kier molecular flexibility index (Phi) is 8.18. The largest absolute Gasteiger partial charge is 0.490 e. The van der Waals surface area contributed by atoms with Crippen molar-refractivity contribution in [3.63, 3.8) is 0 Å². The Bertz CT molecular complexity index is 1590. The number of para-hydroxylation sites is 1. The Labute approximate surface area is 224 Å². The quantitative estimate of drug-likeness (QED) is 0.173. The second-order valence-corrected chi connectivity index (χ2v) is 8.99. The predicted molar refractivity (Wildman–Crippen MR) is 147 cm³/mol. The molecule has 0 saturated heterocycles. The van der Waals surface area contributed by atoms with Gasteiger partial charge < -0.3 is 9.47 Å². The van der Waals surface area contributed by atoms with Crippen LogP contribution < -0.4 is 15.0 Å². The maximum Gasteiger partial charge on any atom is 0.416 e. The van der Waals surface area contributed by atoms with Crippen LogP contribution in [0.5, 0.6) is 11.5 Å². The molecule has 0 radical (unpaired) electrons. The highest BCUT2D eigenvalue weighted by Crippen LogP contribution is 2.35. The first kappa shape index (κ1) is 27.6. The molecule has 202 valence electrons. The van der Waals surface area contributed by atoms with Gasteiger partial charge in [-0.1, -0.05) is 30.3 Å². The number of aromatic nitrogens is 2. The van der Waals surface area contributed by atoms with Crippen molar-refractivity contribution in [2.24, 2.45) is 5.10 Å². The number of alkyl halides is 3. The summed E-state index contributed by atoms with van der Waals surface area (Å²) in [5.41, 5.74) is 0.500. The van der Waals surface area contributed by atoms with Crippen LogP contribution in [0.1, 0.15) is 37.5 Å². The van der Waals surface area contributed by atoms with E-state index in [4.69, 9.17) is 9.47 Å². The number of nitrogens with zero attached hydrogens (tertiary/aromatic N) is 3. The lowest BCUT2D eigenvalue weighted by Crippen LogP contribution is -2.20. The number of benzene rings is 3. The summed E-state index contributed by atoms with van der Waals surface area (Å²) in [6, 6.07) is 14.9. The minimum Gasteiger partial charge on any atom is -0.490 e. The van der Waals surface area contributed by atoms with Crippen molar-refractivity contribution in [3.8, 4) is 22.9 Å². The van der Waals surface area contributed by atoms with Gasteiger partial charge in [-0.25, -0.2) is 4.98 Å². The second-order valence-electron chi connectivity index (χ2n) is 8.99. The summed E-state index contributed by atoms with van der Waals surface area (Å²) in [7, 11) is 0. The Morgan fingerprint density at radius 3 is 2.56 bits per heavy atom. The van der Waals surface area contributed by atoms with E-state index in [1.54, 1.807) is 36.4 Å². The molecule has 9 heteroatoms. The van der Waals surface area contributed by atoms with Gasteiger partial charge in [-0.2, -0.15) is 22.9 Å². The molecular formula is C30H28F3N3O3. The first-order chi connectivity index (χ1) is 18.6. The van der Waals surface area contributed by atoms with E-state index in [0.717, 1.165) is 22.4 Å². The highest BCUT2D eigenvalue weighted by Gasteiger charge is 2.31. The smallest absolute Gasteiger partial charge is 0.416 e. The van der Waals surface area contributed by atoms with Gasteiger partial charge in [-0.15, -0.1) is 6.58 Å². The lowest BCUT2D eigenvalue weighted by Gasteiger charge is -2.18. The molecule has 0 saturated carbocycles. The molecule has 4 rings (SSSR count). The van der Waals surface area contributed by atoms with Gasteiger partial charge in [0.15, 0.2) is 17.3 Å². The van der Waals surface area contributed by atoms with E-state index in [2.05, 4.69) is 16.7 Å². The van der Waals surface area contributed by atoms with Crippen LogP contribution in [0.4, 0.5) is 13.2 Å². The third-order valence-electron chi connectivity index (χ3n) is 5.70. The Balaban J connectivity index is 1.90. The Morgan fingerprint density at radius 1 is 1.10 bits per heavy atom. The van der Waals surface area contributed by atoms with E-state index >= 15 is 0 Å². The average Bonchev–Trinajstić information content (AvgIpc) is 2.89. The molecule has 4 aromatic rings. The van der Waals surface area contributed by atoms with Crippen LogP contribution in [0.3, 0.4) is 0 Å². The highest BCUT2D eigenvalue weighted by atomic mass is 19.4. The SMILES string of the molecule is C=CCc1cc(C=Nn2c(-c3cccc(C(F)(F)F)c3)nc3ccccc3c2=O)cc(OCC)c1OC(C)C. The monoisotopic (exact) mass is 535 g/mol. The topological polar surface area (TPSA) is 65.7 Å². The van der Waals surface area contributed by atoms with Crippen molar-refractivity contribution in [1.29, 1.82) is 0 Å². The van der Waals surface area contributed by atoms with E-state index in [1.807, 2.05) is 26.8 Å². The highest BCUT2D eigenvalue weighted by molar-refractivity contribution is 5.83. The minimum absolute atomic E-state index is 0.0165. The fourth-order valence-corrected chi connectivity index (χ4v) is 4.07. The normalized spacial score (nSPS) is 11.9. The molecule has 0 atom stereocenters. The Morgan fingerprint density at radius 2 is 1.87 bits per heavy atom. The lowest BCUT2D eigenvalue weighted by molar-refractivity contribution is -0.137. The van der Waals surface area contributed by atoms with E-state index in [-0.39, 0.29) is 22.9 Å². The molecule has 1 heterocycles. The molecule has 0 N–H and O–H groups in total. The summed E-state index contributed by atoms with van der Waals surface area (Å²) >= 11 is 0. The molecule has 0 aliphatic carbocycles. The van der Waals surface area contributed by atoms with Gasteiger partial charge in [0.25, 0.3) is 5.56 Å². The number of fused-ring (bicyclic) bond motifs is 1. The van der Waals surface area contributed by atoms with E-state index in [9.17, 15) is 18.0 Å². The third kappa shape index (κ3) is 6.19. The van der Waals surface area contributed by atoms with Crippen molar-refractivity contribution in [1.82, 2.24) is 9.66 Å². The van der Waals surface area contributed by atoms with Gasteiger partial charge in [-0.05, 0) is 69.2 Å². The van der Waals surface area contributed by atoms with Gasteiger partial charge in [0.1, 0.15) is 0 Å². The summed E-state index contributed by atoms with van der Waals surface area (Å²) in [4.78, 5) is 18.0. The molecule has 6 nitrogen and oxygen atoms in total. The van der Waals surface area contributed by atoms with E-state index in [0.29, 0.717) is 35.6 Å². The molecule has 0 amide bonds. The predicted octanol–water partition coefficient (Wildman–Crippen LogP) is 6.88. The number of hydrogen-bond donors (Lipinski definition) is 0. The summed E-state index contributed by atoms with van der Waals surface area (Å²) in [6.07, 6.45) is -0.967. The summed E-state index contributed by atoms with van der Waals surface area (Å²) in [6.45, 7) is 9.90. The van der Waals surface area contributed by atoms with Crippen molar-refractivity contribution in [3.05, 3.63) is 100 Å². The number of rotatable bonds is 9. The van der Waals surface area contributed by atoms with Gasteiger partial charge in [0.2, 0.25) is 0 Å². The standard InChI is InChI=1S/C30H28F3N3O3/c1-5-10-21-15-20(16-26(38-6-2)27(21)39-19(3)4)18-34-36-28(22-11-9-12-23(17-22)30(31,32)33)35-25-14-8-7-13-24(25)29(36)37/h5,7-9,11-19H,1,6,10H2,2-4H3. The number of halogens is 3. The molecule has 0 spiro atoms. The zero-order chi connectivity index (χ0) is 28.2. The van der Waals surface area contributed by atoms with E-state index in [1.165, 1.54) is 18.3 Å². The third-order valence-corrected chi connectivity index (χ3v) is 5.70. The molecule has 0 aliphatic rings. The van der Waals surface area contributed by atoms with Crippen LogP contribution in [-0.2, 0) is 12.6 Å². The van der Waals surface area contributed by atoms with Crippen LogP contribution in [0.2, 0.25) is 0 Å². The molecule has 1 aromatic heterocycles.